The Hall–Kier alpha value is -0.0900. The van der Waals surface area contributed by atoms with Crippen molar-refractivity contribution < 1.29 is 8.42 Å². The Morgan fingerprint density at radius 1 is 1.40 bits per heavy atom. The fourth-order valence-corrected chi connectivity index (χ4v) is 1.26. The molecule has 0 aliphatic rings. The first-order valence-electron chi connectivity index (χ1n) is 3.42. The van der Waals surface area contributed by atoms with Gasteiger partial charge < -0.3 is 0 Å². The lowest BCUT2D eigenvalue weighted by molar-refractivity contribution is 0.560. The maximum Gasteiger partial charge on any atom is 0.209 e. The second kappa shape index (κ2) is 3.93. The van der Waals surface area contributed by atoms with Crippen molar-refractivity contribution in [2.45, 2.75) is 26.7 Å². The quantitative estimate of drug-likeness (QED) is 0.667. The molecule has 0 aliphatic heterocycles. The molecule has 0 rings (SSSR count). The van der Waals surface area contributed by atoms with Crippen LogP contribution in [0.2, 0.25) is 0 Å². The molecule has 0 fully saturated rings. The van der Waals surface area contributed by atoms with E-state index in [1.807, 2.05) is 0 Å². The predicted octanol–water partition coefficient (Wildman–Crippen LogP) is 0.711. The van der Waals surface area contributed by atoms with Gasteiger partial charge >= 0.3 is 0 Å². The summed E-state index contributed by atoms with van der Waals surface area (Å²) in [5, 5.41) is 4.79. The molecule has 0 unspecified atom stereocenters. The third-order valence-electron chi connectivity index (χ3n) is 1.21. The molecule has 0 spiro atoms. The van der Waals surface area contributed by atoms with E-state index in [4.69, 9.17) is 5.14 Å². The van der Waals surface area contributed by atoms with Crippen LogP contribution in [0.15, 0.2) is 0 Å². The molecule has 0 bridgehead atoms. The first-order valence-corrected chi connectivity index (χ1v) is 5.14. The SMILES string of the molecule is CC(C)CCCS(N)(=O)=O. The average Bonchev–Trinajstić information content (AvgIpc) is 1.59. The maximum atomic E-state index is 10.4. The van der Waals surface area contributed by atoms with Crippen LogP contribution in [0.5, 0.6) is 0 Å². The second-order valence-corrected chi connectivity index (χ2v) is 4.64. The predicted molar refractivity (Wildman–Crippen MR) is 42.0 cm³/mol. The Morgan fingerprint density at radius 2 is 1.90 bits per heavy atom. The zero-order chi connectivity index (χ0) is 8.20. The van der Waals surface area contributed by atoms with E-state index in [0.717, 1.165) is 6.42 Å². The fourth-order valence-electron chi connectivity index (χ4n) is 0.693. The van der Waals surface area contributed by atoms with Crippen LogP contribution in [-0.4, -0.2) is 14.2 Å². The number of rotatable bonds is 4. The van der Waals surface area contributed by atoms with Crippen molar-refractivity contribution in [3.05, 3.63) is 0 Å². The minimum Gasteiger partial charge on any atom is -0.229 e. The summed E-state index contributed by atoms with van der Waals surface area (Å²) in [6.07, 6.45) is 1.60. The minimum atomic E-state index is -3.22. The van der Waals surface area contributed by atoms with Crippen LogP contribution < -0.4 is 5.14 Å². The van der Waals surface area contributed by atoms with Crippen LogP contribution in [-0.2, 0) is 10.0 Å². The second-order valence-electron chi connectivity index (χ2n) is 2.90. The van der Waals surface area contributed by atoms with Gasteiger partial charge in [0.2, 0.25) is 10.0 Å². The number of nitrogens with two attached hydrogens (primary N) is 1. The third-order valence-corrected chi connectivity index (χ3v) is 2.07. The van der Waals surface area contributed by atoms with E-state index in [2.05, 4.69) is 13.8 Å². The molecular formula is C6H15NO2S. The topological polar surface area (TPSA) is 60.2 Å². The summed E-state index contributed by atoms with van der Waals surface area (Å²) in [4.78, 5) is 0. The Labute approximate surface area is 62.7 Å². The molecule has 0 aromatic carbocycles. The smallest absolute Gasteiger partial charge is 0.209 e. The van der Waals surface area contributed by atoms with E-state index in [-0.39, 0.29) is 5.75 Å². The van der Waals surface area contributed by atoms with Crippen molar-refractivity contribution in [1.82, 2.24) is 0 Å². The summed E-state index contributed by atoms with van der Waals surface area (Å²) in [5.41, 5.74) is 0. The molecule has 0 aromatic heterocycles. The lowest BCUT2D eigenvalue weighted by Gasteiger charge is -2.01. The van der Waals surface area contributed by atoms with Crippen molar-refractivity contribution in [1.29, 1.82) is 0 Å². The van der Waals surface area contributed by atoms with E-state index < -0.39 is 10.0 Å². The van der Waals surface area contributed by atoms with Gasteiger partial charge in [-0.25, -0.2) is 13.6 Å². The summed E-state index contributed by atoms with van der Waals surface area (Å²) < 4.78 is 20.8. The van der Waals surface area contributed by atoms with E-state index >= 15 is 0 Å². The average molecular weight is 165 g/mol. The van der Waals surface area contributed by atoms with Gasteiger partial charge in [-0.2, -0.15) is 0 Å². The number of hydrogen-bond donors (Lipinski definition) is 1. The van der Waals surface area contributed by atoms with Gasteiger partial charge in [0.05, 0.1) is 5.75 Å². The van der Waals surface area contributed by atoms with E-state index in [0.29, 0.717) is 12.3 Å². The standard InChI is InChI=1S/C6H15NO2S/c1-6(2)4-3-5-10(7,8)9/h6H,3-5H2,1-2H3,(H2,7,8,9). The van der Waals surface area contributed by atoms with Gasteiger partial charge in [0.25, 0.3) is 0 Å². The fraction of sp³-hybridized carbons (Fsp3) is 1.00. The molecule has 0 saturated carbocycles. The Bertz CT molecular complexity index is 172. The van der Waals surface area contributed by atoms with Gasteiger partial charge in [-0.3, -0.25) is 0 Å². The van der Waals surface area contributed by atoms with Crippen LogP contribution in [0.1, 0.15) is 26.7 Å². The molecule has 0 aromatic rings. The Balaban J connectivity index is 3.39. The molecule has 62 valence electrons. The molecule has 0 atom stereocenters. The molecule has 0 aliphatic carbocycles. The van der Waals surface area contributed by atoms with Gasteiger partial charge in [0.1, 0.15) is 0 Å². The number of primary sulfonamides is 1. The van der Waals surface area contributed by atoms with Gasteiger partial charge in [0.15, 0.2) is 0 Å². The van der Waals surface area contributed by atoms with Gasteiger partial charge in [-0.05, 0) is 18.8 Å². The molecule has 0 saturated heterocycles. The summed E-state index contributed by atoms with van der Waals surface area (Å²) in [6.45, 7) is 4.12. The van der Waals surface area contributed by atoms with E-state index in [9.17, 15) is 8.42 Å². The maximum absolute atomic E-state index is 10.4. The molecular weight excluding hydrogens is 150 g/mol. The molecule has 2 N–H and O–H groups in total. The van der Waals surface area contributed by atoms with Crippen molar-refractivity contribution in [3.63, 3.8) is 0 Å². The van der Waals surface area contributed by atoms with Crippen molar-refractivity contribution in [2.75, 3.05) is 5.75 Å². The highest BCUT2D eigenvalue weighted by atomic mass is 32.2. The van der Waals surface area contributed by atoms with Crippen molar-refractivity contribution in [2.24, 2.45) is 11.1 Å². The molecule has 3 nitrogen and oxygen atoms in total. The molecule has 0 heterocycles. The Morgan fingerprint density at radius 3 is 2.20 bits per heavy atom. The summed E-state index contributed by atoms with van der Waals surface area (Å²) >= 11 is 0. The van der Waals surface area contributed by atoms with Crippen molar-refractivity contribution in [3.8, 4) is 0 Å². The Kier molecular flexibility index (Phi) is 3.89. The monoisotopic (exact) mass is 165 g/mol. The lowest BCUT2D eigenvalue weighted by atomic mass is 10.1. The first kappa shape index (κ1) is 9.91. The summed E-state index contributed by atoms with van der Waals surface area (Å²) in [5.74, 6) is 0.673. The van der Waals surface area contributed by atoms with Gasteiger partial charge in [-0.1, -0.05) is 13.8 Å². The minimum absolute atomic E-state index is 0.116. The third kappa shape index (κ3) is 7.91. The van der Waals surface area contributed by atoms with Gasteiger partial charge in [-0.15, -0.1) is 0 Å². The number of sulfonamides is 1. The number of hydrogen-bond acceptors (Lipinski definition) is 2. The molecule has 4 heteroatoms. The van der Waals surface area contributed by atoms with E-state index in [1.54, 1.807) is 0 Å². The highest BCUT2D eigenvalue weighted by Gasteiger charge is 2.02. The van der Waals surface area contributed by atoms with Crippen LogP contribution in [0.4, 0.5) is 0 Å². The van der Waals surface area contributed by atoms with Crippen LogP contribution in [0, 0.1) is 5.92 Å². The first-order chi connectivity index (χ1) is 4.42. The highest BCUT2D eigenvalue weighted by Crippen LogP contribution is 2.03. The zero-order valence-corrected chi connectivity index (χ0v) is 7.32. The molecule has 0 amide bonds. The van der Waals surface area contributed by atoms with Crippen molar-refractivity contribution >= 4 is 10.0 Å². The molecule has 0 radical (unpaired) electrons. The summed E-state index contributed by atoms with van der Waals surface area (Å²) in [6, 6.07) is 0. The molecule has 10 heavy (non-hydrogen) atoms. The normalized spacial score (nSPS) is 12.4. The van der Waals surface area contributed by atoms with Gasteiger partial charge in [0, 0.05) is 0 Å². The van der Waals surface area contributed by atoms with E-state index in [1.165, 1.54) is 0 Å². The summed E-state index contributed by atoms with van der Waals surface area (Å²) in [7, 11) is -3.22. The largest absolute Gasteiger partial charge is 0.229 e. The highest BCUT2D eigenvalue weighted by molar-refractivity contribution is 7.89. The van der Waals surface area contributed by atoms with Crippen LogP contribution in [0.25, 0.3) is 0 Å². The lowest BCUT2D eigenvalue weighted by Crippen LogP contribution is -2.16. The van der Waals surface area contributed by atoms with Crippen LogP contribution in [0.3, 0.4) is 0 Å². The zero-order valence-electron chi connectivity index (χ0n) is 6.50. The van der Waals surface area contributed by atoms with Crippen LogP contribution >= 0.6 is 0 Å².